The highest BCUT2D eigenvalue weighted by Gasteiger charge is 2.25. The zero-order valence-electron chi connectivity index (χ0n) is 10.5. The lowest BCUT2D eigenvalue weighted by atomic mass is 10.2. The van der Waals surface area contributed by atoms with Gasteiger partial charge in [-0.05, 0) is 23.8 Å². The molecule has 0 bridgehead atoms. The molecule has 0 saturated heterocycles. The summed E-state index contributed by atoms with van der Waals surface area (Å²) < 4.78 is 0. The molecule has 0 aliphatic carbocycles. The van der Waals surface area contributed by atoms with Crippen molar-refractivity contribution in [3.63, 3.8) is 0 Å². The molecule has 0 radical (unpaired) electrons. The van der Waals surface area contributed by atoms with Gasteiger partial charge in [-0.2, -0.15) is 0 Å². The fraction of sp³-hybridized carbons (Fsp3) is 0.0625. The molecule has 3 heteroatoms. The molecule has 0 atom stereocenters. The molecule has 1 aliphatic heterocycles. The van der Waals surface area contributed by atoms with Gasteiger partial charge in [-0.25, -0.2) is 0 Å². The van der Waals surface area contributed by atoms with Gasteiger partial charge in [0.25, 0.3) is 5.91 Å². The number of carbonyl (C=O) groups excluding carboxylic acids is 1. The Bertz CT molecular complexity index is 649. The number of likely N-dealkylation sites (N-methyl/N-ethyl adjacent to an activating group) is 1. The molecule has 1 amide bonds. The van der Waals surface area contributed by atoms with Crippen molar-refractivity contribution in [2.75, 3.05) is 11.9 Å². The summed E-state index contributed by atoms with van der Waals surface area (Å²) in [5, 5.41) is 0. The lowest BCUT2D eigenvalue weighted by Gasteiger charge is -2.26. The van der Waals surface area contributed by atoms with Crippen molar-refractivity contribution in [2.45, 2.75) is 4.90 Å². The molecule has 3 rings (SSSR count). The van der Waals surface area contributed by atoms with Crippen molar-refractivity contribution in [3.8, 4) is 0 Å². The number of anilines is 1. The lowest BCUT2D eigenvalue weighted by Crippen LogP contribution is -2.29. The SMILES string of the molecule is CN1C(=O)C(=Cc2ccccc2)Sc2ccccc21. The van der Waals surface area contributed by atoms with Gasteiger partial charge in [-0.1, -0.05) is 54.2 Å². The molecule has 0 aromatic heterocycles. The molecular formula is C16H13NOS. The van der Waals surface area contributed by atoms with Crippen LogP contribution in [0.5, 0.6) is 0 Å². The lowest BCUT2D eigenvalue weighted by molar-refractivity contribution is -0.114. The molecule has 0 N–H and O–H groups in total. The first kappa shape index (κ1) is 12.1. The predicted octanol–water partition coefficient (Wildman–Crippen LogP) is 3.80. The minimum atomic E-state index is 0.0487. The van der Waals surface area contributed by atoms with E-state index in [1.165, 1.54) is 11.8 Å². The molecule has 94 valence electrons. The van der Waals surface area contributed by atoms with Gasteiger partial charge in [0.05, 0.1) is 10.6 Å². The molecule has 2 aromatic carbocycles. The first-order valence-electron chi connectivity index (χ1n) is 6.07. The van der Waals surface area contributed by atoms with Crippen LogP contribution in [-0.2, 0) is 4.79 Å². The van der Waals surface area contributed by atoms with E-state index in [1.54, 1.807) is 4.90 Å². The second kappa shape index (κ2) is 4.94. The number of nitrogens with zero attached hydrogens (tertiary/aromatic N) is 1. The Balaban J connectivity index is 2.02. The summed E-state index contributed by atoms with van der Waals surface area (Å²) in [6.45, 7) is 0. The van der Waals surface area contributed by atoms with E-state index in [9.17, 15) is 4.79 Å². The topological polar surface area (TPSA) is 20.3 Å². The monoisotopic (exact) mass is 267 g/mol. The average molecular weight is 267 g/mol. The van der Waals surface area contributed by atoms with Crippen molar-refractivity contribution >= 4 is 29.4 Å². The molecule has 0 unspecified atom stereocenters. The minimum Gasteiger partial charge on any atom is -0.310 e. The van der Waals surface area contributed by atoms with Gasteiger partial charge in [0.1, 0.15) is 0 Å². The number of rotatable bonds is 1. The summed E-state index contributed by atoms with van der Waals surface area (Å²) >= 11 is 1.53. The second-order valence-electron chi connectivity index (χ2n) is 4.35. The Morgan fingerprint density at radius 2 is 1.68 bits per heavy atom. The van der Waals surface area contributed by atoms with E-state index in [4.69, 9.17) is 0 Å². The second-order valence-corrected chi connectivity index (χ2v) is 5.44. The third kappa shape index (κ3) is 2.29. The summed E-state index contributed by atoms with van der Waals surface area (Å²) in [5.74, 6) is 0.0487. The zero-order valence-corrected chi connectivity index (χ0v) is 11.4. The predicted molar refractivity (Wildman–Crippen MR) is 80.1 cm³/mol. The number of fused-ring (bicyclic) bond motifs is 1. The normalized spacial score (nSPS) is 16.6. The zero-order chi connectivity index (χ0) is 13.2. The number of thioether (sulfide) groups is 1. The highest BCUT2D eigenvalue weighted by atomic mass is 32.2. The molecule has 1 aliphatic rings. The summed E-state index contributed by atoms with van der Waals surface area (Å²) in [5.41, 5.74) is 2.02. The van der Waals surface area contributed by atoms with Crippen molar-refractivity contribution in [1.29, 1.82) is 0 Å². The Kier molecular flexibility index (Phi) is 3.13. The van der Waals surface area contributed by atoms with E-state index in [1.807, 2.05) is 67.7 Å². The summed E-state index contributed by atoms with van der Waals surface area (Å²) in [7, 11) is 1.82. The van der Waals surface area contributed by atoms with Crippen LogP contribution in [0.25, 0.3) is 6.08 Å². The van der Waals surface area contributed by atoms with Crippen molar-refractivity contribution < 1.29 is 4.79 Å². The van der Waals surface area contributed by atoms with E-state index < -0.39 is 0 Å². The Morgan fingerprint density at radius 1 is 1.00 bits per heavy atom. The van der Waals surface area contributed by atoms with E-state index >= 15 is 0 Å². The van der Waals surface area contributed by atoms with E-state index in [2.05, 4.69) is 0 Å². The fourth-order valence-corrected chi connectivity index (χ4v) is 3.16. The van der Waals surface area contributed by atoms with E-state index in [0.717, 1.165) is 21.1 Å². The van der Waals surface area contributed by atoms with Crippen LogP contribution < -0.4 is 4.90 Å². The van der Waals surface area contributed by atoms with Crippen LogP contribution in [-0.4, -0.2) is 13.0 Å². The number of carbonyl (C=O) groups is 1. The number of para-hydroxylation sites is 1. The van der Waals surface area contributed by atoms with Gasteiger partial charge in [0.2, 0.25) is 0 Å². The maximum absolute atomic E-state index is 12.3. The van der Waals surface area contributed by atoms with Crippen LogP contribution in [0.1, 0.15) is 5.56 Å². The van der Waals surface area contributed by atoms with Crippen molar-refractivity contribution in [1.82, 2.24) is 0 Å². The first-order chi connectivity index (χ1) is 9.25. The van der Waals surface area contributed by atoms with Crippen molar-refractivity contribution in [2.24, 2.45) is 0 Å². The van der Waals surface area contributed by atoms with E-state index in [0.29, 0.717) is 0 Å². The fourth-order valence-electron chi connectivity index (χ4n) is 2.05. The smallest absolute Gasteiger partial charge is 0.264 e. The number of benzene rings is 2. The van der Waals surface area contributed by atoms with Crippen molar-refractivity contribution in [3.05, 3.63) is 65.1 Å². The number of amides is 1. The number of hydrogen-bond acceptors (Lipinski definition) is 2. The van der Waals surface area contributed by atoms with Crippen LogP contribution in [0.3, 0.4) is 0 Å². The largest absolute Gasteiger partial charge is 0.310 e. The van der Waals surface area contributed by atoms with Gasteiger partial charge >= 0.3 is 0 Å². The average Bonchev–Trinajstić information content (AvgIpc) is 2.46. The molecule has 19 heavy (non-hydrogen) atoms. The van der Waals surface area contributed by atoms with Crippen LogP contribution in [0, 0.1) is 0 Å². The summed E-state index contributed by atoms with van der Waals surface area (Å²) in [6.07, 6.45) is 1.94. The maximum Gasteiger partial charge on any atom is 0.264 e. The van der Waals surface area contributed by atoms with Crippen LogP contribution in [0.15, 0.2) is 64.4 Å². The minimum absolute atomic E-state index is 0.0487. The summed E-state index contributed by atoms with van der Waals surface area (Å²) in [4.78, 5) is 15.9. The van der Waals surface area contributed by atoms with Gasteiger partial charge < -0.3 is 4.90 Å². The third-order valence-corrected chi connectivity index (χ3v) is 4.14. The first-order valence-corrected chi connectivity index (χ1v) is 6.89. The maximum atomic E-state index is 12.3. The Labute approximate surface area is 116 Å². The van der Waals surface area contributed by atoms with Gasteiger partial charge in [-0.15, -0.1) is 0 Å². The molecule has 2 nitrogen and oxygen atoms in total. The molecule has 0 saturated carbocycles. The quantitative estimate of drug-likeness (QED) is 0.733. The Hall–Kier alpha value is -2.00. The van der Waals surface area contributed by atoms with Gasteiger partial charge in [0, 0.05) is 11.9 Å². The third-order valence-electron chi connectivity index (χ3n) is 3.06. The molecular weight excluding hydrogens is 254 g/mol. The van der Waals surface area contributed by atoms with Crippen LogP contribution >= 0.6 is 11.8 Å². The highest BCUT2D eigenvalue weighted by molar-refractivity contribution is 8.04. The van der Waals surface area contributed by atoms with Gasteiger partial charge in [-0.3, -0.25) is 4.79 Å². The molecule has 1 heterocycles. The number of hydrogen-bond donors (Lipinski definition) is 0. The van der Waals surface area contributed by atoms with E-state index in [-0.39, 0.29) is 5.91 Å². The van der Waals surface area contributed by atoms with Gasteiger partial charge in [0.15, 0.2) is 0 Å². The Morgan fingerprint density at radius 3 is 2.47 bits per heavy atom. The molecule has 0 fully saturated rings. The summed E-state index contributed by atoms with van der Waals surface area (Å²) in [6, 6.07) is 17.9. The molecule has 2 aromatic rings. The molecule has 0 spiro atoms. The standard InChI is InChI=1S/C16H13NOS/c1-17-13-9-5-6-10-14(13)19-15(16(17)18)11-12-7-3-2-4-8-12/h2-11H,1H3. The van der Waals surface area contributed by atoms with Crippen LogP contribution in [0.2, 0.25) is 0 Å². The highest BCUT2D eigenvalue weighted by Crippen LogP contribution is 2.41. The van der Waals surface area contributed by atoms with Crippen LogP contribution in [0.4, 0.5) is 5.69 Å².